The molecule has 1 aromatic rings. The normalized spacial score (nSPS) is 26.5. The Kier molecular flexibility index (Phi) is 4.59. The van der Waals surface area contributed by atoms with Gasteiger partial charge >= 0.3 is 0 Å². The van der Waals surface area contributed by atoms with E-state index < -0.39 is 5.60 Å². The molecular weight excluding hydrogens is 255 g/mol. The van der Waals surface area contributed by atoms with Crippen molar-refractivity contribution < 1.29 is 13.9 Å². The second-order valence-corrected chi connectivity index (χ2v) is 5.92. The third kappa shape index (κ3) is 2.93. The zero-order valence-electron chi connectivity index (χ0n) is 12.5. The number of aryl methyl sites for hydroxylation is 1. The van der Waals surface area contributed by atoms with Crippen molar-refractivity contribution in [3.8, 4) is 0 Å². The zero-order chi connectivity index (χ0) is 14.8. The van der Waals surface area contributed by atoms with Gasteiger partial charge < -0.3 is 4.74 Å². The van der Waals surface area contributed by atoms with E-state index in [4.69, 9.17) is 4.74 Å². The number of ketones is 1. The van der Waals surface area contributed by atoms with Gasteiger partial charge in [-0.2, -0.15) is 0 Å². The van der Waals surface area contributed by atoms with Crippen LogP contribution in [-0.2, 0) is 4.74 Å². The fraction of sp³-hybridized carbons (Fsp3) is 0.588. The van der Waals surface area contributed by atoms with Crippen molar-refractivity contribution in [2.24, 2.45) is 5.92 Å². The van der Waals surface area contributed by atoms with Crippen molar-refractivity contribution in [2.75, 3.05) is 6.61 Å². The summed E-state index contributed by atoms with van der Waals surface area (Å²) < 4.78 is 19.3. The Morgan fingerprint density at radius 1 is 1.50 bits per heavy atom. The molecule has 0 bridgehead atoms. The molecule has 0 radical (unpaired) electrons. The molecular formula is C17H23FO2. The van der Waals surface area contributed by atoms with Crippen LogP contribution in [0.2, 0.25) is 0 Å². The molecule has 0 spiro atoms. The maximum absolute atomic E-state index is 13.5. The van der Waals surface area contributed by atoms with E-state index in [0.29, 0.717) is 18.1 Å². The molecule has 1 aliphatic carbocycles. The Morgan fingerprint density at radius 2 is 2.25 bits per heavy atom. The fourth-order valence-electron chi connectivity index (χ4n) is 3.27. The molecule has 2 nitrogen and oxygen atoms in total. The lowest BCUT2D eigenvalue weighted by molar-refractivity contribution is -0.0512. The van der Waals surface area contributed by atoms with Crippen LogP contribution in [-0.4, -0.2) is 18.0 Å². The van der Waals surface area contributed by atoms with Gasteiger partial charge in [0.15, 0.2) is 5.78 Å². The maximum Gasteiger partial charge on any atom is 0.194 e. The highest BCUT2D eigenvalue weighted by atomic mass is 19.1. The average molecular weight is 278 g/mol. The predicted molar refractivity (Wildman–Crippen MR) is 77.5 cm³/mol. The molecule has 0 heterocycles. The summed E-state index contributed by atoms with van der Waals surface area (Å²) in [6.45, 7) is 6.41. The molecule has 0 aromatic heterocycles. The molecule has 110 valence electrons. The molecule has 0 aliphatic heterocycles. The zero-order valence-corrected chi connectivity index (χ0v) is 12.5. The van der Waals surface area contributed by atoms with Crippen LogP contribution >= 0.6 is 0 Å². The van der Waals surface area contributed by atoms with Gasteiger partial charge in [-0.1, -0.05) is 19.4 Å². The minimum Gasteiger partial charge on any atom is -0.367 e. The van der Waals surface area contributed by atoms with Gasteiger partial charge in [0, 0.05) is 12.2 Å². The summed E-state index contributed by atoms with van der Waals surface area (Å²) in [5.41, 5.74) is 0.520. The van der Waals surface area contributed by atoms with Crippen LogP contribution in [0.5, 0.6) is 0 Å². The number of carbonyl (C=O) groups is 1. The number of rotatable bonds is 4. The quantitative estimate of drug-likeness (QED) is 0.767. The summed E-state index contributed by atoms with van der Waals surface area (Å²) in [5, 5.41) is 0. The smallest absolute Gasteiger partial charge is 0.194 e. The Morgan fingerprint density at radius 3 is 2.90 bits per heavy atom. The summed E-state index contributed by atoms with van der Waals surface area (Å²) in [6.07, 6.45) is 3.58. The van der Waals surface area contributed by atoms with E-state index >= 15 is 0 Å². The highest BCUT2D eigenvalue weighted by Gasteiger charge is 2.43. The number of ether oxygens (including phenoxy) is 1. The van der Waals surface area contributed by atoms with Gasteiger partial charge in [-0.3, -0.25) is 4.79 Å². The Labute approximate surface area is 120 Å². The molecule has 1 fully saturated rings. The van der Waals surface area contributed by atoms with Crippen LogP contribution in [0.4, 0.5) is 4.39 Å². The molecule has 0 N–H and O–H groups in total. The lowest BCUT2D eigenvalue weighted by Crippen LogP contribution is -2.45. The number of carbonyl (C=O) groups excluding carboxylic acids is 1. The second kappa shape index (κ2) is 6.04. The first-order valence-corrected chi connectivity index (χ1v) is 7.43. The van der Waals surface area contributed by atoms with Gasteiger partial charge in [0.1, 0.15) is 11.4 Å². The van der Waals surface area contributed by atoms with E-state index in [1.165, 1.54) is 12.1 Å². The number of benzene rings is 1. The molecule has 1 aliphatic rings. The average Bonchev–Trinajstić information content (AvgIpc) is 2.41. The Bertz CT molecular complexity index is 494. The van der Waals surface area contributed by atoms with Crippen molar-refractivity contribution in [1.29, 1.82) is 0 Å². The summed E-state index contributed by atoms with van der Waals surface area (Å²) in [6, 6.07) is 4.40. The predicted octanol–water partition coefficient (Wildman–Crippen LogP) is 4.30. The van der Waals surface area contributed by atoms with Gasteiger partial charge in [-0.05, 0) is 56.7 Å². The van der Waals surface area contributed by atoms with E-state index in [0.717, 1.165) is 31.2 Å². The van der Waals surface area contributed by atoms with E-state index in [2.05, 4.69) is 6.92 Å². The summed E-state index contributed by atoms with van der Waals surface area (Å²) in [4.78, 5) is 12.9. The van der Waals surface area contributed by atoms with Gasteiger partial charge in [0.2, 0.25) is 0 Å². The maximum atomic E-state index is 13.5. The van der Waals surface area contributed by atoms with Crippen LogP contribution in [0.1, 0.15) is 55.5 Å². The summed E-state index contributed by atoms with van der Waals surface area (Å²) >= 11 is 0. The van der Waals surface area contributed by atoms with Crippen molar-refractivity contribution in [3.63, 3.8) is 0 Å². The monoisotopic (exact) mass is 278 g/mol. The highest BCUT2D eigenvalue weighted by molar-refractivity contribution is 6.03. The molecule has 1 aromatic carbocycles. The van der Waals surface area contributed by atoms with Crippen molar-refractivity contribution in [3.05, 3.63) is 35.1 Å². The topological polar surface area (TPSA) is 26.3 Å². The lowest BCUT2D eigenvalue weighted by atomic mass is 9.74. The largest absolute Gasteiger partial charge is 0.367 e. The van der Waals surface area contributed by atoms with Crippen molar-refractivity contribution in [1.82, 2.24) is 0 Å². The third-order valence-electron chi connectivity index (χ3n) is 4.23. The van der Waals surface area contributed by atoms with Crippen molar-refractivity contribution in [2.45, 2.75) is 52.1 Å². The van der Waals surface area contributed by atoms with E-state index in [9.17, 15) is 9.18 Å². The van der Waals surface area contributed by atoms with Crippen LogP contribution < -0.4 is 0 Å². The molecule has 2 atom stereocenters. The summed E-state index contributed by atoms with van der Waals surface area (Å²) in [5.74, 6) is 0.0467. The Balaban J connectivity index is 2.38. The van der Waals surface area contributed by atoms with Crippen molar-refractivity contribution >= 4 is 5.78 Å². The molecule has 2 unspecified atom stereocenters. The minimum absolute atomic E-state index is 0.0529. The van der Waals surface area contributed by atoms with Crippen LogP contribution in [0.3, 0.4) is 0 Å². The second-order valence-electron chi connectivity index (χ2n) is 5.92. The first-order chi connectivity index (χ1) is 9.48. The van der Waals surface area contributed by atoms with Crippen LogP contribution in [0.15, 0.2) is 18.2 Å². The number of hydrogen-bond donors (Lipinski definition) is 0. The van der Waals surface area contributed by atoms with Gasteiger partial charge in [0.05, 0.1) is 0 Å². The Hall–Kier alpha value is -1.22. The SMILES string of the molecule is CCOC1(C(=O)c2cc(F)ccc2C)CCCC(C)C1. The molecule has 2 rings (SSSR count). The standard InChI is InChI=1S/C17H23FO2/c1-4-20-17(9-5-6-12(2)11-17)16(19)15-10-14(18)8-7-13(15)3/h7-8,10,12H,4-6,9,11H2,1-3H3. The number of Topliss-reactive ketones (excluding diaryl/α,β-unsaturated/α-hetero) is 1. The highest BCUT2D eigenvalue weighted by Crippen LogP contribution is 2.38. The summed E-state index contributed by atoms with van der Waals surface area (Å²) in [7, 11) is 0. The molecule has 0 amide bonds. The van der Waals surface area contributed by atoms with E-state index in [1.807, 2.05) is 13.8 Å². The molecule has 0 saturated heterocycles. The molecule has 20 heavy (non-hydrogen) atoms. The first-order valence-electron chi connectivity index (χ1n) is 7.43. The van der Waals surface area contributed by atoms with Gasteiger partial charge in [0.25, 0.3) is 0 Å². The molecule has 1 saturated carbocycles. The van der Waals surface area contributed by atoms with Crippen LogP contribution in [0, 0.1) is 18.7 Å². The van der Waals surface area contributed by atoms with Gasteiger partial charge in [-0.15, -0.1) is 0 Å². The van der Waals surface area contributed by atoms with E-state index in [1.54, 1.807) is 6.07 Å². The minimum atomic E-state index is -0.759. The van der Waals surface area contributed by atoms with Crippen LogP contribution in [0.25, 0.3) is 0 Å². The lowest BCUT2D eigenvalue weighted by Gasteiger charge is -2.38. The number of halogens is 1. The fourth-order valence-corrected chi connectivity index (χ4v) is 3.27. The van der Waals surface area contributed by atoms with Gasteiger partial charge in [-0.25, -0.2) is 4.39 Å². The molecule has 3 heteroatoms. The number of hydrogen-bond acceptors (Lipinski definition) is 2. The van der Waals surface area contributed by atoms with E-state index in [-0.39, 0.29) is 11.6 Å². The first kappa shape index (κ1) is 15.2. The third-order valence-corrected chi connectivity index (χ3v) is 4.23.